The highest BCUT2D eigenvalue weighted by Gasteiger charge is 2.22. The van der Waals surface area contributed by atoms with E-state index in [4.69, 9.17) is 4.99 Å². The van der Waals surface area contributed by atoms with Crippen LogP contribution in [0.15, 0.2) is 16.4 Å². The molecule has 1 amide bonds. The first-order valence-electron chi connectivity index (χ1n) is 10.1. The molecule has 0 fully saturated rings. The topological polar surface area (TPSA) is 51.2 Å². The molecular weight excluding hydrogens is 485 g/mol. The molecule has 0 aromatic carbocycles. The Hall–Kier alpha value is -0.870. The van der Waals surface area contributed by atoms with Gasteiger partial charge in [-0.25, -0.2) is 0 Å². The molecule has 0 saturated heterocycles. The van der Waals surface area contributed by atoms with Crippen LogP contribution in [0.1, 0.15) is 38.1 Å². The second kappa shape index (κ2) is 12.6. The van der Waals surface area contributed by atoms with E-state index in [1.54, 1.807) is 0 Å². The van der Waals surface area contributed by atoms with Crippen LogP contribution in [0.4, 0.5) is 0 Å². The third kappa shape index (κ3) is 6.88. The third-order valence-electron chi connectivity index (χ3n) is 5.15. The highest BCUT2D eigenvalue weighted by molar-refractivity contribution is 14.0. The minimum absolute atomic E-state index is 0. The molecule has 2 rings (SSSR count). The molecular formula is C20H36IN5OS. The highest BCUT2D eigenvalue weighted by Crippen LogP contribution is 2.25. The van der Waals surface area contributed by atoms with Crippen molar-refractivity contribution in [2.24, 2.45) is 4.99 Å². The molecule has 28 heavy (non-hydrogen) atoms. The Labute approximate surface area is 191 Å². The zero-order valence-corrected chi connectivity index (χ0v) is 21.0. The number of nitrogens with zero attached hydrogens (tertiary/aromatic N) is 4. The maximum Gasteiger partial charge on any atom is 0.242 e. The van der Waals surface area contributed by atoms with Crippen molar-refractivity contribution in [1.82, 2.24) is 20.0 Å². The van der Waals surface area contributed by atoms with E-state index in [9.17, 15) is 4.79 Å². The maximum absolute atomic E-state index is 12.4. The maximum atomic E-state index is 12.4. The fourth-order valence-electron chi connectivity index (χ4n) is 3.40. The van der Waals surface area contributed by atoms with Gasteiger partial charge in [-0.15, -0.1) is 35.3 Å². The lowest BCUT2D eigenvalue weighted by Crippen LogP contribution is -2.46. The van der Waals surface area contributed by atoms with Gasteiger partial charge in [0.1, 0.15) is 0 Å². The molecule has 8 heteroatoms. The van der Waals surface area contributed by atoms with Gasteiger partial charge in [0.05, 0.1) is 13.1 Å². The zero-order valence-electron chi connectivity index (χ0n) is 17.9. The van der Waals surface area contributed by atoms with E-state index in [1.165, 1.54) is 10.4 Å². The molecule has 1 aromatic rings. The summed E-state index contributed by atoms with van der Waals surface area (Å²) in [5.74, 6) is 0.945. The van der Waals surface area contributed by atoms with E-state index >= 15 is 0 Å². The Kier molecular flexibility index (Phi) is 11.4. The molecule has 6 nitrogen and oxygen atoms in total. The number of halogens is 1. The Bertz CT molecular complexity index is 632. The first-order valence-corrected chi connectivity index (χ1v) is 10.9. The fourth-order valence-corrected chi connectivity index (χ4v) is 4.29. The van der Waals surface area contributed by atoms with Gasteiger partial charge in [0.2, 0.25) is 5.91 Å². The Balaban J connectivity index is 0.00000392. The second-order valence-corrected chi connectivity index (χ2v) is 8.06. The van der Waals surface area contributed by atoms with Gasteiger partial charge in [0, 0.05) is 50.7 Å². The van der Waals surface area contributed by atoms with Crippen LogP contribution in [0.2, 0.25) is 0 Å². The number of carbonyl (C=O) groups excluding carboxylic acids is 1. The van der Waals surface area contributed by atoms with Crippen LogP contribution in [-0.2, 0) is 17.8 Å². The van der Waals surface area contributed by atoms with E-state index in [2.05, 4.69) is 35.5 Å². The SMILES string of the molecule is CCNC(=NCC(C)N1CCc2sccc2C1)N(C)CC(=O)N(CC)CC.I. The lowest BCUT2D eigenvalue weighted by molar-refractivity contribution is -0.131. The van der Waals surface area contributed by atoms with Crippen molar-refractivity contribution in [3.05, 3.63) is 21.9 Å². The third-order valence-corrected chi connectivity index (χ3v) is 6.17. The molecule has 160 valence electrons. The zero-order chi connectivity index (χ0) is 19.8. The summed E-state index contributed by atoms with van der Waals surface area (Å²) in [6, 6.07) is 2.62. The summed E-state index contributed by atoms with van der Waals surface area (Å²) in [5.41, 5.74) is 1.47. The molecule has 0 radical (unpaired) electrons. The number of guanidine groups is 1. The Morgan fingerprint density at radius 2 is 2.07 bits per heavy atom. The van der Waals surface area contributed by atoms with Gasteiger partial charge in [-0.05, 0) is 51.1 Å². The lowest BCUT2D eigenvalue weighted by Gasteiger charge is -2.32. The average molecular weight is 522 g/mol. The van der Waals surface area contributed by atoms with Gasteiger partial charge in [-0.2, -0.15) is 0 Å². The van der Waals surface area contributed by atoms with Crippen LogP contribution >= 0.6 is 35.3 Å². The van der Waals surface area contributed by atoms with Gasteiger partial charge in [0.25, 0.3) is 0 Å². The van der Waals surface area contributed by atoms with Crippen molar-refractivity contribution >= 4 is 47.2 Å². The molecule has 0 aliphatic carbocycles. The number of carbonyl (C=O) groups is 1. The quantitative estimate of drug-likeness (QED) is 0.325. The average Bonchev–Trinajstić information content (AvgIpc) is 3.13. The van der Waals surface area contributed by atoms with Gasteiger partial charge in [-0.3, -0.25) is 14.7 Å². The van der Waals surface area contributed by atoms with Gasteiger partial charge < -0.3 is 15.1 Å². The van der Waals surface area contributed by atoms with Crippen molar-refractivity contribution < 1.29 is 4.79 Å². The van der Waals surface area contributed by atoms with Crippen molar-refractivity contribution in [3.63, 3.8) is 0 Å². The number of fused-ring (bicyclic) bond motifs is 1. The van der Waals surface area contributed by atoms with E-state index in [-0.39, 0.29) is 29.9 Å². The number of likely N-dealkylation sites (N-methyl/N-ethyl adjacent to an activating group) is 2. The number of thiophene rings is 1. The summed E-state index contributed by atoms with van der Waals surface area (Å²) in [6.07, 6.45) is 1.14. The fraction of sp³-hybridized carbons (Fsp3) is 0.700. The number of hydrogen-bond donors (Lipinski definition) is 1. The molecule has 1 aliphatic heterocycles. The molecule has 0 saturated carbocycles. The number of rotatable bonds is 8. The van der Waals surface area contributed by atoms with Crippen LogP contribution < -0.4 is 5.32 Å². The minimum atomic E-state index is 0. The normalized spacial score (nSPS) is 15.4. The van der Waals surface area contributed by atoms with E-state index in [0.29, 0.717) is 12.6 Å². The molecule has 1 aliphatic rings. The van der Waals surface area contributed by atoms with Gasteiger partial charge in [-0.1, -0.05) is 0 Å². The number of hydrogen-bond acceptors (Lipinski definition) is 4. The molecule has 0 spiro atoms. The van der Waals surface area contributed by atoms with Gasteiger partial charge in [0.15, 0.2) is 5.96 Å². The van der Waals surface area contributed by atoms with Crippen LogP contribution in [0.3, 0.4) is 0 Å². The highest BCUT2D eigenvalue weighted by atomic mass is 127. The lowest BCUT2D eigenvalue weighted by atomic mass is 10.1. The first kappa shape index (κ1) is 25.2. The minimum Gasteiger partial charge on any atom is -0.357 e. The molecule has 1 unspecified atom stereocenters. The second-order valence-electron chi connectivity index (χ2n) is 7.06. The van der Waals surface area contributed by atoms with E-state index in [0.717, 1.165) is 51.6 Å². The molecule has 1 N–H and O–H groups in total. The number of aliphatic imine (C=N–C) groups is 1. The predicted octanol–water partition coefficient (Wildman–Crippen LogP) is 2.88. The van der Waals surface area contributed by atoms with Crippen molar-refractivity contribution in [3.8, 4) is 0 Å². The van der Waals surface area contributed by atoms with E-state index < -0.39 is 0 Å². The van der Waals surface area contributed by atoms with E-state index in [1.807, 2.05) is 42.0 Å². The molecule has 1 aromatic heterocycles. The number of nitrogens with one attached hydrogen (secondary N) is 1. The summed E-state index contributed by atoms with van der Waals surface area (Å²) in [6.45, 7) is 13.8. The Morgan fingerprint density at radius 3 is 2.71 bits per heavy atom. The van der Waals surface area contributed by atoms with Gasteiger partial charge >= 0.3 is 0 Å². The summed E-state index contributed by atoms with van der Waals surface area (Å²) in [7, 11) is 1.94. The smallest absolute Gasteiger partial charge is 0.242 e. The summed E-state index contributed by atoms with van der Waals surface area (Å²) in [5, 5.41) is 5.52. The number of amides is 1. The van der Waals surface area contributed by atoms with Crippen LogP contribution in [0.25, 0.3) is 0 Å². The summed E-state index contributed by atoms with van der Waals surface area (Å²) in [4.78, 5) is 25.0. The predicted molar refractivity (Wildman–Crippen MR) is 130 cm³/mol. The summed E-state index contributed by atoms with van der Waals surface area (Å²) < 4.78 is 0. The molecule has 1 atom stereocenters. The van der Waals surface area contributed by atoms with Crippen LogP contribution in [-0.4, -0.2) is 78.9 Å². The first-order chi connectivity index (χ1) is 13.0. The van der Waals surface area contributed by atoms with Crippen molar-refractivity contribution in [1.29, 1.82) is 0 Å². The Morgan fingerprint density at radius 1 is 1.36 bits per heavy atom. The monoisotopic (exact) mass is 521 g/mol. The van der Waals surface area contributed by atoms with Crippen molar-refractivity contribution in [2.75, 3.05) is 46.3 Å². The van der Waals surface area contributed by atoms with Crippen molar-refractivity contribution in [2.45, 2.75) is 46.7 Å². The standard InChI is InChI=1S/C20H35N5OS.HI/c1-6-21-20(23(5)15-19(26)24(7-2)8-3)22-13-16(4)25-11-9-18-17(14-25)10-12-27-18;/h10,12,16H,6-9,11,13-15H2,1-5H3,(H,21,22);1H. The van der Waals surface area contributed by atoms with Crippen LogP contribution in [0, 0.1) is 0 Å². The molecule has 2 heterocycles. The molecule has 0 bridgehead atoms. The summed E-state index contributed by atoms with van der Waals surface area (Å²) >= 11 is 1.87. The van der Waals surface area contributed by atoms with Crippen LogP contribution in [0.5, 0.6) is 0 Å². The largest absolute Gasteiger partial charge is 0.357 e.